The van der Waals surface area contributed by atoms with Crippen LogP contribution in [0.2, 0.25) is 0 Å². The molecule has 1 aliphatic heterocycles. The summed E-state index contributed by atoms with van der Waals surface area (Å²) >= 11 is 0. The fourth-order valence-electron chi connectivity index (χ4n) is 2.45. The van der Waals surface area contributed by atoms with Crippen LogP contribution in [0.1, 0.15) is 25.1 Å². The Morgan fingerprint density at radius 2 is 2.04 bits per heavy atom. The van der Waals surface area contributed by atoms with Crippen molar-refractivity contribution >= 4 is 6.03 Å². The fraction of sp³-hybridized carbons (Fsp3) is 0.471. The maximum atomic E-state index is 12.1. The molecule has 0 saturated carbocycles. The molecule has 0 fully saturated rings. The number of urea groups is 1. The Kier molecular flexibility index (Phi) is 5.37. The van der Waals surface area contributed by atoms with Crippen molar-refractivity contribution in [1.82, 2.24) is 20.4 Å². The van der Waals surface area contributed by atoms with Crippen LogP contribution in [0, 0.1) is 0 Å². The Morgan fingerprint density at radius 3 is 2.80 bits per heavy atom. The van der Waals surface area contributed by atoms with Crippen LogP contribution in [0.3, 0.4) is 0 Å². The van der Waals surface area contributed by atoms with Crippen LogP contribution in [-0.4, -0.2) is 47.4 Å². The van der Waals surface area contributed by atoms with Gasteiger partial charge in [0, 0.05) is 26.4 Å². The summed E-state index contributed by atoms with van der Waals surface area (Å²) in [5, 5.41) is 10.6. The number of nitrogens with one attached hydrogen (secondary N) is 1. The van der Waals surface area contributed by atoms with Gasteiger partial charge in [-0.2, -0.15) is 0 Å². The number of aromatic nitrogens is 2. The maximum Gasteiger partial charge on any atom is 0.317 e. The van der Waals surface area contributed by atoms with Gasteiger partial charge in [-0.3, -0.25) is 0 Å². The number of para-hydroxylation sites is 2. The van der Waals surface area contributed by atoms with E-state index in [1.54, 1.807) is 7.05 Å². The highest BCUT2D eigenvalue weighted by Gasteiger charge is 2.21. The summed E-state index contributed by atoms with van der Waals surface area (Å²) in [6.07, 6.45) is 1.26. The first-order valence-electron chi connectivity index (χ1n) is 8.34. The molecule has 1 aromatic heterocycles. The van der Waals surface area contributed by atoms with E-state index in [1.807, 2.05) is 31.2 Å². The minimum atomic E-state index is -0.201. The Balaban J connectivity index is 1.40. The molecule has 2 aromatic rings. The molecule has 0 spiro atoms. The van der Waals surface area contributed by atoms with E-state index < -0.39 is 0 Å². The van der Waals surface area contributed by atoms with Crippen LogP contribution in [0.5, 0.6) is 11.5 Å². The van der Waals surface area contributed by atoms with Gasteiger partial charge >= 0.3 is 6.03 Å². The first-order valence-corrected chi connectivity index (χ1v) is 8.34. The van der Waals surface area contributed by atoms with Gasteiger partial charge in [-0.1, -0.05) is 19.1 Å². The van der Waals surface area contributed by atoms with Gasteiger partial charge < -0.3 is 24.1 Å². The lowest BCUT2D eigenvalue weighted by atomic mass is 10.2. The van der Waals surface area contributed by atoms with Crippen molar-refractivity contribution in [2.45, 2.75) is 32.4 Å². The highest BCUT2D eigenvalue weighted by Crippen LogP contribution is 2.31. The summed E-state index contributed by atoms with van der Waals surface area (Å²) in [5.74, 6) is 2.49. The molecule has 0 bridgehead atoms. The van der Waals surface area contributed by atoms with E-state index in [9.17, 15) is 4.79 Å². The quantitative estimate of drug-likeness (QED) is 0.860. The zero-order valence-electron chi connectivity index (χ0n) is 14.4. The average Bonchev–Trinajstić information content (AvgIpc) is 3.09. The van der Waals surface area contributed by atoms with Crippen LogP contribution in [0.15, 0.2) is 28.7 Å². The van der Waals surface area contributed by atoms with Crippen molar-refractivity contribution in [1.29, 1.82) is 0 Å². The molecule has 3 rings (SSSR count). The highest BCUT2D eigenvalue weighted by atomic mass is 16.6. The molecule has 8 heteroatoms. The van der Waals surface area contributed by atoms with Crippen LogP contribution >= 0.6 is 0 Å². The molecule has 2 amide bonds. The number of nitrogens with zero attached hydrogens (tertiary/aromatic N) is 3. The lowest BCUT2D eigenvalue weighted by molar-refractivity contribution is 0.0849. The van der Waals surface area contributed by atoms with Gasteiger partial charge in [0.15, 0.2) is 11.5 Å². The summed E-state index contributed by atoms with van der Waals surface area (Å²) in [7, 11) is 1.68. The summed E-state index contributed by atoms with van der Waals surface area (Å²) in [5.41, 5.74) is 0. The van der Waals surface area contributed by atoms with Crippen molar-refractivity contribution in [3.63, 3.8) is 0 Å². The van der Waals surface area contributed by atoms with Crippen LogP contribution in [0.4, 0.5) is 4.79 Å². The third-order valence-electron chi connectivity index (χ3n) is 3.84. The predicted octanol–water partition coefficient (Wildman–Crippen LogP) is 2.00. The van der Waals surface area contributed by atoms with Gasteiger partial charge in [-0.25, -0.2) is 4.79 Å². The fourth-order valence-corrected chi connectivity index (χ4v) is 2.45. The SMILES string of the molecule is CCc1nnc(CN(C)C(=O)NCCC2COc3ccccc3O2)o1. The number of amides is 2. The standard InChI is InChI=1S/C17H22N4O4/c1-3-15-19-20-16(25-15)10-21(2)17(22)18-9-8-12-11-23-13-6-4-5-7-14(13)24-12/h4-7,12H,3,8-11H2,1-2H3,(H,18,22). The topological polar surface area (TPSA) is 89.7 Å². The summed E-state index contributed by atoms with van der Waals surface area (Å²) in [4.78, 5) is 13.6. The first-order chi connectivity index (χ1) is 12.2. The number of benzene rings is 1. The predicted molar refractivity (Wildman–Crippen MR) is 89.5 cm³/mol. The van der Waals surface area contributed by atoms with Crippen LogP contribution in [-0.2, 0) is 13.0 Å². The molecule has 1 unspecified atom stereocenters. The molecule has 0 radical (unpaired) electrons. The number of aryl methyl sites for hydroxylation is 1. The van der Waals surface area contributed by atoms with E-state index >= 15 is 0 Å². The second-order valence-corrected chi connectivity index (χ2v) is 5.82. The first kappa shape index (κ1) is 17.1. The van der Waals surface area contributed by atoms with Gasteiger partial charge in [0.25, 0.3) is 0 Å². The van der Waals surface area contributed by atoms with E-state index in [1.165, 1.54) is 4.90 Å². The Morgan fingerprint density at radius 1 is 1.28 bits per heavy atom. The monoisotopic (exact) mass is 346 g/mol. The number of fused-ring (bicyclic) bond motifs is 1. The van der Waals surface area contributed by atoms with Crippen molar-refractivity contribution in [2.24, 2.45) is 0 Å². The molecule has 8 nitrogen and oxygen atoms in total. The summed E-state index contributed by atoms with van der Waals surface area (Å²) in [6, 6.07) is 7.37. The number of hydrogen-bond acceptors (Lipinski definition) is 6. The van der Waals surface area contributed by atoms with Crippen molar-refractivity contribution in [2.75, 3.05) is 20.2 Å². The Hall–Kier alpha value is -2.77. The molecule has 134 valence electrons. The Labute approximate surface area is 146 Å². The Bertz CT molecular complexity index is 718. The van der Waals surface area contributed by atoms with Gasteiger partial charge in [0.2, 0.25) is 11.8 Å². The second kappa shape index (κ2) is 7.87. The molecule has 0 aliphatic carbocycles. The van der Waals surface area contributed by atoms with Crippen molar-refractivity contribution in [3.05, 3.63) is 36.0 Å². The van der Waals surface area contributed by atoms with Crippen molar-refractivity contribution in [3.8, 4) is 11.5 Å². The van der Waals surface area contributed by atoms with E-state index in [0.29, 0.717) is 37.8 Å². The van der Waals surface area contributed by atoms with Crippen molar-refractivity contribution < 1.29 is 18.7 Å². The van der Waals surface area contributed by atoms with Gasteiger partial charge in [-0.05, 0) is 12.1 Å². The van der Waals surface area contributed by atoms with Gasteiger partial charge in [-0.15, -0.1) is 10.2 Å². The molecule has 1 atom stereocenters. The largest absolute Gasteiger partial charge is 0.486 e. The molecular formula is C17H22N4O4. The second-order valence-electron chi connectivity index (χ2n) is 5.82. The number of carbonyl (C=O) groups is 1. The minimum absolute atomic E-state index is 0.0800. The van der Waals surface area contributed by atoms with E-state index in [0.717, 1.165) is 11.5 Å². The number of carbonyl (C=O) groups excluding carboxylic acids is 1. The molecule has 25 heavy (non-hydrogen) atoms. The highest BCUT2D eigenvalue weighted by molar-refractivity contribution is 5.73. The molecular weight excluding hydrogens is 324 g/mol. The molecule has 1 aromatic carbocycles. The molecule has 0 saturated heterocycles. The van der Waals surface area contributed by atoms with E-state index in [4.69, 9.17) is 13.9 Å². The summed E-state index contributed by atoms with van der Waals surface area (Å²) in [6.45, 7) is 3.17. The van der Waals surface area contributed by atoms with Gasteiger partial charge in [0.1, 0.15) is 19.3 Å². The minimum Gasteiger partial charge on any atom is -0.486 e. The average molecular weight is 346 g/mol. The number of rotatable bonds is 6. The zero-order chi connectivity index (χ0) is 17.6. The third kappa shape index (κ3) is 4.40. The van der Waals surface area contributed by atoms with Crippen LogP contribution < -0.4 is 14.8 Å². The smallest absolute Gasteiger partial charge is 0.317 e. The van der Waals surface area contributed by atoms with Crippen LogP contribution in [0.25, 0.3) is 0 Å². The van der Waals surface area contributed by atoms with Gasteiger partial charge in [0.05, 0.1) is 0 Å². The number of ether oxygens (including phenoxy) is 2. The molecule has 1 aliphatic rings. The third-order valence-corrected chi connectivity index (χ3v) is 3.84. The maximum absolute atomic E-state index is 12.1. The normalized spacial score (nSPS) is 15.7. The zero-order valence-corrected chi connectivity index (χ0v) is 14.4. The van der Waals surface area contributed by atoms with E-state index in [2.05, 4.69) is 15.5 Å². The lowest BCUT2D eigenvalue weighted by Crippen LogP contribution is -2.39. The van der Waals surface area contributed by atoms with E-state index in [-0.39, 0.29) is 18.7 Å². The lowest BCUT2D eigenvalue weighted by Gasteiger charge is -2.26. The molecule has 1 N–H and O–H groups in total. The summed E-state index contributed by atoms with van der Waals surface area (Å²) < 4.78 is 16.9. The molecule has 2 heterocycles. The number of hydrogen-bond donors (Lipinski definition) is 1.